The van der Waals surface area contributed by atoms with Crippen LogP contribution < -0.4 is 5.32 Å². The van der Waals surface area contributed by atoms with Crippen molar-refractivity contribution in [2.75, 3.05) is 19.6 Å². The Balaban J connectivity index is 1.54. The Kier molecular flexibility index (Phi) is 6.28. The van der Waals surface area contributed by atoms with Gasteiger partial charge in [-0.3, -0.25) is 9.69 Å². The van der Waals surface area contributed by atoms with E-state index < -0.39 is 0 Å². The monoisotopic (exact) mass is 425 g/mol. The van der Waals surface area contributed by atoms with Gasteiger partial charge in [0.15, 0.2) is 0 Å². The maximum absolute atomic E-state index is 13.1. The van der Waals surface area contributed by atoms with Crippen LogP contribution in [0.3, 0.4) is 0 Å². The Labute approximate surface area is 180 Å². The van der Waals surface area contributed by atoms with Gasteiger partial charge in [-0.25, -0.2) is 4.98 Å². The van der Waals surface area contributed by atoms with Crippen molar-refractivity contribution < 1.29 is 4.79 Å². The third kappa shape index (κ3) is 4.69. The van der Waals surface area contributed by atoms with Gasteiger partial charge in [0.1, 0.15) is 5.69 Å². The van der Waals surface area contributed by atoms with Crippen LogP contribution in [0.15, 0.2) is 54.6 Å². The quantitative estimate of drug-likeness (QED) is 0.579. The van der Waals surface area contributed by atoms with E-state index in [-0.39, 0.29) is 11.9 Å². The second-order valence-electron chi connectivity index (χ2n) is 7.30. The minimum absolute atomic E-state index is 0.119. The molecule has 1 fully saturated rings. The second-order valence-corrected chi connectivity index (χ2v) is 8.94. The Morgan fingerprint density at radius 2 is 1.83 bits per heavy atom. The van der Waals surface area contributed by atoms with Crippen LogP contribution in [0.4, 0.5) is 0 Å². The van der Waals surface area contributed by atoms with Gasteiger partial charge < -0.3 is 5.32 Å². The first-order valence-corrected chi connectivity index (χ1v) is 11.1. The number of halogens is 1. The minimum atomic E-state index is -0.119. The number of hydrogen-bond acceptors (Lipinski definition) is 4. The predicted octanol–water partition coefficient (Wildman–Crippen LogP) is 5.34. The first-order chi connectivity index (χ1) is 14.1. The minimum Gasteiger partial charge on any atom is -0.349 e. The van der Waals surface area contributed by atoms with Crippen LogP contribution in [0.5, 0.6) is 0 Å². The van der Waals surface area contributed by atoms with Crippen LogP contribution in [-0.4, -0.2) is 35.4 Å². The molecule has 4 rings (SSSR count). The SMILES string of the molecule is Cc1nc(C(=O)NCC(c2ccc(Cl)cc2)N2CCCC2)c(-c2ccccc2)s1. The number of amides is 1. The molecule has 29 heavy (non-hydrogen) atoms. The summed E-state index contributed by atoms with van der Waals surface area (Å²) in [4.78, 5) is 20.9. The van der Waals surface area contributed by atoms with Gasteiger partial charge in [0, 0.05) is 11.6 Å². The van der Waals surface area contributed by atoms with Crippen LogP contribution in [0, 0.1) is 6.92 Å². The number of carbonyl (C=O) groups excluding carboxylic acids is 1. The highest BCUT2D eigenvalue weighted by molar-refractivity contribution is 7.15. The zero-order chi connectivity index (χ0) is 20.2. The molecule has 6 heteroatoms. The van der Waals surface area contributed by atoms with E-state index in [0.29, 0.717) is 12.2 Å². The van der Waals surface area contributed by atoms with Gasteiger partial charge in [-0.15, -0.1) is 11.3 Å². The van der Waals surface area contributed by atoms with Gasteiger partial charge >= 0.3 is 0 Å². The average Bonchev–Trinajstić information content (AvgIpc) is 3.40. The molecule has 1 aromatic heterocycles. The number of aryl methyl sites for hydroxylation is 1. The van der Waals surface area contributed by atoms with Crippen LogP contribution in [0.2, 0.25) is 5.02 Å². The fourth-order valence-electron chi connectivity index (χ4n) is 3.84. The molecule has 2 aromatic carbocycles. The topological polar surface area (TPSA) is 45.2 Å². The first-order valence-electron chi connectivity index (χ1n) is 9.92. The smallest absolute Gasteiger partial charge is 0.271 e. The normalized spacial score (nSPS) is 15.4. The molecule has 1 N–H and O–H groups in total. The van der Waals surface area contributed by atoms with Gasteiger partial charge in [0.05, 0.1) is 15.9 Å². The number of nitrogens with one attached hydrogen (secondary N) is 1. The number of likely N-dealkylation sites (tertiary alicyclic amines) is 1. The molecule has 4 nitrogen and oxygen atoms in total. The Hall–Kier alpha value is -2.21. The summed E-state index contributed by atoms with van der Waals surface area (Å²) in [5, 5.41) is 4.76. The fourth-order valence-corrected chi connectivity index (χ4v) is 4.88. The van der Waals surface area contributed by atoms with E-state index in [1.54, 1.807) is 11.3 Å². The van der Waals surface area contributed by atoms with Crippen molar-refractivity contribution in [3.8, 4) is 10.4 Å². The summed E-state index contributed by atoms with van der Waals surface area (Å²) in [5.74, 6) is -0.119. The summed E-state index contributed by atoms with van der Waals surface area (Å²) in [6.45, 7) is 4.59. The largest absolute Gasteiger partial charge is 0.349 e. The van der Waals surface area contributed by atoms with Crippen molar-refractivity contribution in [2.45, 2.75) is 25.8 Å². The molecule has 0 radical (unpaired) electrons. The number of aromatic nitrogens is 1. The van der Waals surface area contributed by atoms with E-state index in [1.807, 2.05) is 49.4 Å². The molecule has 150 valence electrons. The van der Waals surface area contributed by atoms with Gasteiger partial charge in [-0.05, 0) is 56.1 Å². The molecule has 0 bridgehead atoms. The van der Waals surface area contributed by atoms with Crippen LogP contribution in [0.1, 0.15) is 39.9 Å². The number of rotatable bonds is 6. The van der Waals surface area contributed by atoms with Crippen molar-refractivity contribution in [1.29, 1.82) is 0 Å². The third-order valence-electron chi connectivity index (χ3n) is 5.28. The molecule has 1 unspecified atom stereocenters. The molecule has 0 aliphatic carbocycles. The number of thiazole rings is 1. The van der Waals surface area contributed by atoms with E-state index in [4.69, 9.17) is 11.6 Å². The van der Waals surface area contributed by atoms with Crippen LogP contribution in [0.25, 0.3) is 10.4 Å². The van der Waals surface area contributed by atoms with Gasteiger partial charge in [0.25, 0.3) is 5.91 Å². The zero-order valence-corrected chi connectivity index (χ0v) is 18.0. The molecule has 2 heterocycles. The molecule has 1 aliphatic rings. The molecule has 0 saturated carbocycles. The Morgan fingerprint density at radius 3 is 2.52 bits per heavy atom. The van der Waals surface area contributed by atoms with E-state index in [2.05, 4.69) is 27.3 Å². The zero-order valence-electron chi connectivity index (χ0n) is 16.4. The number of carbonyl (C=O) groups is 1. The molecule has 1 atom stereocenters. The number of nitrogens with zero attached hydrogens (tertiary/aromatic N) is 2. The van der Waals surface area contributed by atoms with Crippen molar-refractivity contribution >= 4 is 28.8 Å². The summed E-state index contributed by atoms with van der Waals surface area (Å²) in [5.41, 5.74) is 2.71. The molecule has 0 spiro atoms. The lowest BCUT2D eigenvalue weighted by Crippen LogP contribution is -2.37. The maximum atomic E-state index is 13.1. The highest BCUT2D eigenvalue weighted by atomic mass is 35.5. The molecular formula is C23H24ClN3OS. The summed E-state index contributed by atoms with van der Waals surface area (Å²) in [7, 11) is 0. The van der Waals surface area contributed by atoms with Gasteiger partial charge in [-0.2, -0.15) is 0 Å². The van der Waals surface area contributed by atoms with Gasteiger partial charge in [0.2, 0.25) is 0 Å². The standard InChI is InChI=1S/C23H24ClN3OS/c1-16-26-21(22(29-16)18-7-3-2-4-8-18)23(28)25-15-20(27-13-5-6-14-27)17-9-11-19(24)12-10-17/h2-4,7-12,20H,5-6,13-15H2,1H3,(H,25,28). The molecular weight excluding hydrogens is 402 g/mol. The lowest BCUT2D eigenvalue weighted by Gasteiger charge is -2.28. The lowest BCUT2D eigenvalue weighted by molar-refractivity contribution is 0.0934. The molecule has 1 aliphatic heterocycles. The van der Waals surface area contributed by atoms with Crippen molar-refractivity contribution in [2.24, 2.45) is 0 Å². The van der Waals surface area contributed by atoms with Crippen molar-refractivity contribution in [1.82, 2.24) is 15.2 Å². The van der Waals surface area contributed by atoms with Crippen molar-refractivity contribution in [3.63, 3.8) is 0 Å². The average molecular weight is 426 g/mol. The Bertz CT molecular complexity index is 966. The maximum Gasteiger partial charge on any atom is 0.271 e. The summed E-state index contributed by atoms with van der Waals surface area (Å²) in [6, 6.07) is 18.1. The highest BCUT2D eigenvalue weighted by Gasteiger charge is 2.25. The summed E-state index contributed by atoms with van der Waals surface area (Å²) < 4.78 is 0. The predicted molar refractivity (Wildman–Crippen MR) is 120 cm³/mol. The third-order valence-corrected chi connectivity index (χ3v) is 6.55. The molecule has 1 saturated heterocycles. The van der Waals surface area contributed by atoms with E-state index >= 15 is 0 Å². The van der Waals surface area contributed by atoms with E-state index in [0.717, 1.165) is 33.6 Å². The van der Waals surface area contributed by atoms with E-state index in [9.17, 15) is 4.79 Å². The first kappa shape index (κ1) is 20.1. The second kappa shape index (κ2) is 9.08. The van der Waals surface area contributed by atoms with Gasteiger partial charge in [-0.1, -0.05) is 54.1 Å². The molecule has 1 amide bonds. The number of hydrogen-bond donors (Lipinski definition) is 1. The Morgan fingerprint density at radius 1 is 1.14 bits per heavy atom. The fraction of sp³-hybridized carbons (Fsp3) is 0.304. The lowest BCUT2D eigenvalue weighted by atomic mass is 10.1. The van der Waals surface area contributed by atoms with Crippen molar-refractivity contribution in [3.05, 3.63) is 75.9 Å². The summed E-state index contributed by atoms with van der Waals surface area (Å²) in [6.07, 6.45) is 2.39. The highest BCUT2D eigenvalue weighted by Crippen LogP contribution is 2.30. The van der Waals surface area contributed by atoms with Crippen LogP contribution in [-0.2, 0) is 0 Å². The number of benzene rings is 2. The molecule has 3 aromatic rings. The van der Waals surface area contributed by atoms with E-state index in [1.165, 1.54) is 18.4 Å². The van der Waals surface area contributed by atoms with Crippen LogP contribution >= 0.6 is 22.9 Å². The summed E-state index contributed by atoms with van der Waals surface area (Å²) >= 11 is 7.63.